The van der Waals surface area contributed by atoms with Gasteiger partial charge in [0.05, 0.1) is 11.6 Å². The van der Waals surface area contributed by atoms with E-state index in [1.807, 2.05) is 13.8 Å². The van der Waals surface area contributed by atoms with Crippen LogP contribution in [0, 0.1) is 5.92 Å². The molecule has 1 fully saturated rings. The molecule has 2 rings (SSSR count). The van der Waals surface area contributed by atoms with Crippen molar-refractivity contribution >= 4 is 11.8 Å². The SMILES string of the molecule is CC(C)C[C@@H](NC(=O)[C@H]1CCC(=O)N1)c1cccc(C(F)(F)F)c1. The number of hydrogen-bond acceptors (Lipinski definition) is 2. The van der Waals surface area contributed by atoms with Crippen molar-refractivity contribution in [2.24, 2.45) is 5.92 Å². The van der Waals surface area contributed by atoms with Crippen molar-refractivity contribution in [1.29, 1.82) is 0 Å². The molecule has 0 aliphatic carbocycles. The lowest BCUT2D eigenvalue weighted by molar-refractivity contribution is -0.137. The van der Waals surface area contributed by atoms with E-state index in [0.29, 0.717) is 18.4 Å². The second kappa shape index (κ2) is 7.23. The van der Waals surface area contributed by atoms with Gasteiger partial charge >= 0.3 is 6.18 Å². The van der Waals surface area contributed by atoms with E-state index in [0.717, 1.165) is 12.1 Å². The van der Waals surface area contributed by atoms with E-state index in [9.17, 15) is 22.8 Å². The van der Waals surface area contributed by atoms with Crippen LogP contribution in [0.15, 0.2) is 24.3 Å². The largest absolute Gasteiger partial charge is 0.416 e. The van der Waals surface area contributed by atoms with Crippen LogP contribution in [-0.4, -0.2) is 17.9 Å². The second-order valence-electron chi connectivity index (χ2n) is 6.47. The summed E-state index contributed by atoms with van der Waals surface area (Å²) in [4.78, 5) is 23.5. The molecule has 4 nitrogen and oxygen atoms in total. The van der Waals surface area contributed by atoms with E-state index in [4.69, 9.17) is 0 Å². The summed E-state index contributed by atoms with van der Waals surface area (Å²) >= 11 is 0. The summed E-state index contributed by atoms with van der Waals surface area (Å²) in [5.74, 6) is -0.360. The number of halogens is 3. The minimum Gasteiger partial charge on any atom is -0.348 e. The van der Waals surface area contributed by atoms with Crippen LogP contribution in [0.4, 0.5) is 13.2 Å². The molecule has 1 aliphatic rings. The topological polar surface area (TPSA) is 58.2 Å². The molecule has 0 bridgehead atoms. The first-order valence-corrected chi connectivity index (χ1v) is 7.93. The minimum absolute atomic E-state index is 0.183. The average Bonchev–Trinajstić information content (AvgIpc) is 2.92. The highest BCUT2D eigenvalue weighted by Crippen LogP contribution is 2.32. The molecule has 7 heteroatoms. The van der Waals surface area contributed by atoms with Crippen LogP contribution in [-0.2, 0) is 15.8 Å². The Balaban J connectivity index is 2.19. The Kier molecular flexibility index (Phi) is 5.51. The molecule has 0 saturated carbocycles. The number of carbonyl (C=O) groups excluding carboxylic acids is 2. The Bertz CT molecular complexity index is 614. The quantitative estimate of drug-likeness (QED) is 0.863. The fraction of sp³-hybridized carbons (Fsp3) is 0.529. The standard InChI is InChI=1S/C17H21F3N2O2/c1-10(2)8-14(22-16(24)13-6-7-15(23)21-13)11-4-3-5-12(9-11)17(18,19)20/h3-5,9-10,13-14H,6-8H2,1-2H3,(H,21,23)(H,22,24)/t13-,14-/m1/s1. The third-order valence-corrected chi connectivity index (χ3v) is 3.95. The molecule has 0 aromatic heterocycles. The summed E-state index contributed by atoms with van der Waals surface area (Å²) in [6, 6.07) is 3.86. The second-order valence-corrected chi connectivity index (χ2v) is 6.47. The van der Waals surface area contributed by atoms with E-state index in [1.54, 1.807) is 6.07 Å². The summed E-state index contributed by atoms with van der Waals surface area (Å²) in [6.07, 6.45) is -3.23. The Morgan fingerprint density at radius 3 is 2.62 bits per heavy atom. The Labute approximate surface area is 138 Å². The first-order chi connectivity index (χ1) is 11.2. The average molecular weight is 342 g/mol. The third-order valence-electron chi connectivity index (χ3n) is 3.95. The van der Waals surface area contributed by atoms with Gasteiger partial charge in [0.15, 0.2) is 0 Å². The van der Waals surface area contributed by atoms with Crippen molar-refractivity contribution in [2.75, 3.05) is 0 Å². The van der Waals surface area contributed by atoms with Gasteiger partial charge in [-0.25, -0.2) is 0 Å². The minimum atomic E-state index is -4.43. The molecular weight excluding hydrogens is 321 g/mol. The highest BCUT2D eigenvalue weighted by molar-refractivity contribution is 5.90. The highest BCUT2D eigenvalue weighted by Gasteiger charge is 2.32. The van der Waals surface area contributed by atoms with Crippen molar-refractivity contribution < 1.29 is 22.8 Å². The van der Waals surface area contributed by atoms with Gasteiger partial charge in [-0.2, -0.15) is 13.2 Å². The molecule has 1 aliphatic heterocycles. The van der Waals surface area contributed by atoms with Gasteiger partial charge in [-0.1, -0.05) is 26.0 Å². The molecular formula is C17H21F3N2O2. The van der Waals surface area contributed by atoms with Gasteiger partial charge in [0.2, 0.25) is 11.8 Å². The monoisotopic (exact) mass is 342 g/mol. The summed E-state index contributed by atoms with van der Waals surface area (Å²) < 4.78 is 38.7. The third kappa shape index (κ3) is 4.72. The van der Waals surface area contributed by atoms with Crippen molar-refractivity contribution in [3.8, 4) is 0 Å². The van der Waals surface area contributed by atoms with Crippen molar-refractivity contribution in [3.63, 3.8) is 0 Å². The number of nitrogens with one attached hydrogen (secondary N) is 2. The summed E-state index contributed by atoms with van der Waals surface area (Å²) in [5.41, 5.74) is -0.326. The number of carbonyl (C=O) groups is 2. The molecule has 132 valence electrons. The fourth-order valence-corrected chi connectivity index (χ4v) is 2.76. The Morgan fingerprint density at radius 1 is 1.38 bits per heavy atom. The van der Waals surface area contributed by atoms with E-state index in [1.165, 1.54) is 6.07 Å². The first-order valence-electron chi connectivity index (χ1n) is 7.93. The van der Waals surface area contributed by atoms with Gasteiger partial charge in [-0.15, -0.1) is 0 Å². The number of hydrogen-bond donors (Lipinski definition) is 2. The lowest BCUT2D eigenvalue weighted by atomic mass is 9.95. The maximum absolute atomic E-state index is 12.9. The van der Waals surface area contributed by atoms with Gasteiger partial charge in [0.25, 0.3) is 0 Å². The predicted octanol–water partition coefficient (Wildman–Crippen LogP) is 3.19. The van der Waals surface area contributed by atoms with Crippen LogP contribution in [0.3, 0.4) is 0 Å². The van der Waals surface area contributed by atoms with Crippen LogP contribution in [0.1, 0.15) is 50.3 Å². The fourth-order valence-electron chi connectivity index (χ4n) is 2.76. The lowest BCUT2D eigenvalue weighted by Gasteiger charge is -2.23. The zero-order chi connectivity index (χ0) is 17.9. The summed E-state index contributed by atoms with van der Waals surface area (Å²) in [5, 5.41) is 5.35. The molecule has 0 spiro atoms. The Morgan fingerprint density at radius 2 is 2.08 bits per heavy atom. The molecule has 1 aromatic carbocycles. The molecule has 1 saturated heterocycles. The van der Waals surface area contributed by atoms with Crippen LogP contribution >= 0.6 is 0 Å². The highest BCUT2D eigenvalue weighted by atomic mass is 19.4. The van der Waals surface area contributed by atoms with E-state index >= 15 is 0 Å². The molecule has 2 N–H and O–H groups in total. The smallest absolute Gasteiger partial charge is 0.348 e. The molecule has 1 heterocycles. The van der Waals surface area contributed by atoms with Gasteiger partial charge in [-0.05, 0) is 36.5 Å². The number of rotatable bonds is 5. The number of alkyl halides is 3. The lowest BCUT2D eigenvalue weighted by Crippen LogP contribution is -2.43. The molecule has 0 radical (unpaired) electrons. The van der Waals surface area contributed by atoms with Gasteiger partial charge < -0.3 is 10.6 Å². The van der Waals surface area contributed by atoms with E-state index < -0.39 is 23.8 Å². The van der Waals surface area contributed by atoms with Gasteiger partial charge in [0, 0.05) is 6.42 Å². The molecule has 2 atom stereocenters. The van der Waals surface area contributed by atoms with E-state index in [-0.39, 0.29) is 24.2 Å². The van der Waals surface area contributed by atoms with Crippen molar-refractivity contribution in [2.45, 2.75) is 51.4 Å². The zero-order valence-electron chi connectivity index (χ0n) is 13.6. The summed E-state index contributed by atoms with van der Waals surface area (Å²) in [7, 11) is 0. The zero-order valence-corrected chi connectivity index (χ0v) is 13.6. The normalized spacial score (nSPS) is 19.2. The van der Waals surface area contributed by atoms with E-state index in [2.05, 4.69) is 10.6 Å². The first kappa shape index (κ1) is 18.3. The van der Waals surface area contributed by atoms with Gasteiger partial charge in [0.1, 0.15) is 6.04 Å². The number of benzene rings is 1. The maximum Gasteiger partial charge on any atom is 0.416 e. The van der Waals surface area contributed by atoms with Crippen molar-refractivity contribution in [3.05, 3.63) is 35.4 Å². The van der Waals surface area contributed by atoms with Gasteiger partial charge in [-0.3, -0.25) is 9.59 Å². The summed E-state index contributed by atoms with van der Waals surface area (Å²) in [6.45, 7) is 3.87. The molecule has 0 unspecified atom stereocenters. The van der Waals surface area contributed by atoms with Crippen LogP contribution in [0.5, 0.6) is 0 Å². The predicted molar refractivity (Wildman–Crippen MR) is 82.9 cm³/mol. The molecule has 24 heavy (non-hydrogen) atoms. The van der Waals surface area contributed by atoms with Crippen LogP contribution < -0.4 is 10.6 Å². The van der Waals surface area contributed by atoms with Crippen molar-refractivity contribution in [1.82, 2.24) is 10.6 Å². The maximum atomic E-state index is 12.9. The molecule has 1 aromatic rings. The van der Waals surface area contributed by atoms with Crippen LogP contribution in [0.2, 0.25) is 0 Å². The number of amides is 2. The van der Waals surface area contributed by atoms with Crippen LogP contribution in [0.25, 0.3) is 0 Å². The Hall–Kier alpha value is -2.05. The molecule has 2 amide bonds.